The van der Waals surface area contributed by atoms with Crippen molar-refractivity contribution >= 4 is 22.6 Å². The molecule has 3 aliphatic rings. The molecule has 4 aromatic rings. The number of hydrogen-bond donors (Lipinski definition) is 4. The van der Waals surface area contributed by atoms with Gasteiger partial charge in [0.1, 0.15) is 5.82 Å². The minimum Gasteiger partial charge on any atom is -0.341 e. The number of carbonyl (C=O) groups excluding carboxylic acids is 1. The van der Waals surface area contributed by atoms with E-state index in [4.69, 9.17) is 4.98 Å². The lowest BCUT2D eigenvalue weighted by Crippen LogP contribution is -2.35. The fourth-order valence-electron chi connectivity index (χ4n) is 6.42. The molecule has 6 nitrogen and oxygen atoms in total. The number of aromatic nitrogens is 2. The van der Waals surface area contributed by atoms with Gasteiger partial charge >= 0.3 is 0 Å². The average Bonchev–Trinajstić information content (AvgIpc) is 3.70. The van der Waals surface area contributed by atoms with Gasteiger partial charge in [-0.1, -0.05) is 38.1 Å². The van der Waals surface area contributed by atoms with Crippen molar-refractivity contribution in [2.45, 2.75) is 57.0 Å². The summed E-state index contributed by atoms with van der Waals surface area (Å²) in [5, 5.41) is 9.96. The fraction of sp³-hybridized carbons (Fsp3) is 0.355. The molecular weight excluding hydrogens is 458 g/mol. The minimum atomic E-state index is -0.162. The topological polar surface area (TPSA) is 81.8 Å². The maximum atomic E-state index is 12.7. The zero-order chi connectivity index (χ0) is 25.1. The second-order valence-corrected chi connectivity index (χ2v) is 11.3. The Labute approximate surface area is 217 Å². The zero-order valence-electron chi connectivity index (χ0n) is 21.4. The Balaban J connectivity index is 1.20. The molecule has 0 spiro atoms. The van der Waals surface area contributed by atoms with E-state index in [0.29, 0.717) is 6.04 Å². The average molecular weight is 492 g/mol. The van der Waals surface area contributed by atoms with Crippen LogP contribution in [0.5, 0.6) is 0 Å². The number of imidazole rings is 1. The van der Waals surface area contributed by atoms with Crippen LogP contribution in [0.25, 0.3) is 33.3 Å². The molecule has 2 saturated heterocycles. The Bertz CT molecular complexity index is 1520. The monoisotopic (exact) mass is 491 g/mol. The lowest BCUT2D eigenvalue weighted by Gasteiger charge is -2.23. The maximum absolute atomic E-state index is 12.7. The summed E-state index contributed by atoms with van der Waals surface area (Å²) in [6.45, 7) is 6.54. The summed E-state index contributed by atoms with van der Waals surface area (Å²) in [7, 11) is 0. The van der Waals surface area contributed by atoms with Gasteiger partial charge in [0.05, 0.1) is 23.1 Å². The smallest absolute Gasteiger partial charge is 0.241 e. The van der Waals surface area contributed by atoms with Crippen molar-refractivity contribution in [1.82, 2.24) is 20.6 Å². The highest BCUT2D eigenvalue weighted by Crippen LogP contribution is 2.50. The van der Waals surface area contributed by atoms with Crippen LogP contribution >= 0.6 is 0 Å². The molecule has 2 atom stereocenters. The van der Waals surface area contributed by atoms with Crippen LogP contribution in [0.15, 0.2) is 54.6 Å². The zero-order valence-corrected chi connectivity index (χ0v) is 21.4. The highest BCUT2D eigenvalue weighted by Gasteiger charge is 2.36. The highest BCUT2D eigenvalue weighted by atomic mass is 16.2. The van der Waals surface area contributed by atoms with Gasteiger partial charge in [-0.2, -0.15) is 0 Å². The van der Waals surface area contributed by atoms with Crippen LogP contribution in [0.1, 0.15) is 62.5 Å². The summed E-state index contributed by atoms with van der Waals surface area (Å²) in [6.07, 6.45) is 4.29. The van der Waals surface area contributed by atoms with Crippen LogP contribution < -0.4 is 16.0 Å². The number of H-pyrrole nitrogens is 1. The third-order valence-electron chi connectivity index (χ3n) is 8.55. The van der Waals surface area contributed by atoms with Gasteiger partial charge in [-0.15, -0.1) is 0 Å². The SMILES string of the molecule is CC1(C)c2cc(NC(=O)[C@@H]3CCCN3)ccc2-c2ccc(-c3ccc4[nH]c([C@@H]5CCCN5)nc4c3)cc21. The Hall–Kier alpha value is -3.48. The van der Waals surface area contributed by atoms with E-state index in [2.05, 4.69) is 83.3 Å². The summed E-state index contributed by atoms with van der Waals surface area (Å²) in [6, 6.07) is 20.0. The van der Waals surface area contributed by atoms with Crippen LogP contribution in [-0.2, 0) is 10.2 Å². The van der Waals surface area contributed by atoms with E-state index in [1.807, 2.05) is 6.07 Å². The van der Waals surface area contributed by atoms with Gasteiger partial charge < -0.3 is 20.9 Å². The number of nitrogens with zero attached hydrogens (tertiary/aromatic N) is 1. The van der Waals surface area contributed by atoms with Gasteiger partial charge in [0.25, 0.3) is 0 Å². The first kappa shape index (κ1) is 22.7. The summed E-state index contributed by atoms with van der Waals surface area (Å²) in [5.41, 5.74) is 10.3. The minimum absolute atomic E-state index is 0.0636. The molecule has 0 unspecified atom stereocenters. The molecule has 1 aliphatic carbocycles. The van der Waals surface area contributed by atoms with Gasteiger partial charge in [0.2, 0.25) is 5.91 Å². The molecule has 0 saturated carbocycles. The summed E-state index contributed by atoms with van der Waals surface area (Å²) < 4.78 is 0. The van der Waals surface area contributed by atoms with E-state index in [-0.39, 0.29) is 17.4 Å². The first-order chi connectivity index (χ1) is 18.0. The van der Waals surface area contributed by atoms with E-state index >= 15 is 0 Å². The van der Waals surface area contributed by atoms with Crippen molar-refractivity contribution in [3.63, 3.8) is 0 Å². The van der Waals surface area contributed by atoms with Crippen molar-refractivity contribution < 1.29 is 4.79 Å². The van der Waals surface area contributed by atoms with E-state index < -0.39 is 0 Å². The summed E-state index contributed by atoms with van der Waals surface area (Å²) >= 11 is 0. The Morgan fingerprint density at radius 3 is 2.41 bits per heavy atom. The maximum Gasteiger partial charge on any atom is 0.241 e. The normalized spacial score (nSPS) is 21.8. The van der Waals surface area contributed by atoms with Crippen molar-refractivity contribution in [3.05, 3.63) is 71.5 Å². The van der Waals surface area contributed by atoms with Gasteiger partial charge in [-0.25, -0.2) is 4.98 Å². The van der Waals surface area contributed by atoms with E-state index in [0.717, 1.165) is 54.9 Å². The predicted molar refractivity (Wildman–Crippen MR) is 149 cm³/mol. The number of rotatable bonds is 4. The summed E-state index contributed by atoms with van der Waals surface area (Å²) in [5.74, 6) is 1.11. The lowest BCUT2D eigenvalue weighted by atomic mass is 9.81. The number of amides is 1. The Morgan fingerprint density at radius 2 is 1.62 bits per heavy atom. The number of aromatic amines is 1. The van der Waals surface area contributed by atoms with E-state index in [1.54, 1.807) is 0 Å². The predicted octanol–water partition coefficient (Wildman–Crippen LogP) is 5.65. The number of fused-ring (bicyclic) bond motifs is 4. The molecule has 2 fully saturated rings. The molecular formula is C31H33N5O. The third kappa shape index (κ3) is 3.78. The van der Waals surface area contributed by atoms with Gasteiger partial charge in [0, 0.05) is 11.1 Å². The molecule has 1 amide bonds. The number of anilines is 1. The lowest BCUT2D eigenvalue weighted by molar-refractivity contribution is -0.117. The molecule has 7 rings (SSSR count). The molecule has 3 heterocycles. The molecule has 6 heteroatoms. The van der Waals surface area contributed by atoms with E-state index in [9.17, 15) is 4.79 Å². The van der Waals surface area contributed by atoms with Crippen LogP contribution in [-0.4, -0.2) is 35.0 Å². The number of hydrogen-bond acceptors (Lipinski definition) is 4. The molecule has 188 valence electrons. The molecule has 1 aromatic heterocycles. The molecule has 37 heavy (non-hydrogen) atoms. The molecule has 2 aliphatic heterocycles. The van der Waals surface area contributed by atoms with Gasteiger partial charge in [-0.05, 0) is 102 Å². The molecule has 0 bridgehead atoms. The first-order valence-corrected chi connectivity index (χ1v) is 13.5. The third-order valence-corrected chi connectivity index (χ3v) is 8.55. The summed E-state index contributed by atoms with van der Waals surface area (Å²) in [4.78, 5) is 21.1. The van der Waals surface area contributed by atoms with Crippen molar-refractivity contribution in [2.75, 3.05) is 18.4 Å². The molecule has 4 N–H and O–H groups in total. The number of benzene rings is 3. The second-order valence-electron chi connectivity index (χ2n) is 11.3. The molecule has 0 radical (unpaired) electrons. The van der Waals surface area contributed by atoms with Gasteiger partial charge in [0.15, 0.2) is 0 Å². The van der Waals surface area contributed by atoms with Crippen LogP contribution in [0.3, 0.4) is 0 Å². The van der Waals surface area contributed by atoms with Crippen LogP contribution in [0.4, 0.5) is 5.69 Å². The number of carbonyl (C=O) groups is 1. The van der Waals surface area contributed by atoms with Crippen molar-refractivity contribution in [1.29, 1.82) is 0 Å². The van der Waals surface area contributed by atoms with Crippen molar-refractivity contribution in [3.8, 4) is 22.3 Å². The first-order valence-electron chi connectivity index (χ1n) is 13.5. The van der Waals surface area contributed by atoms with Crippen LogP contribution in [0, 0.1) is 0 Å². The van der Waals surface area contributed by atoms with Crippen LogP contribution in [0.2, 0.25) is 0 Å². The molecule has 3 aromatic carbocycles. The fourth-order valence-corrected chi connectivity index (χ4v) is 6.42. The quantitative estimate of drug-likeness (QED) is 0.297. The van der Waals surface area contributed by atoms with Gasteiger partial charge in [-0.3, -0.25) is 4.79 Å². The Morgan fingerprint density at radius 1 is 0.892 bits per heavy atom. The largest absolute Gasteiger partial charge is 0.341 e. The number of nitrogens with one attached hydrogen (secondary N) is 4. The standard InChI is InChI=1S/C31H33N5O/c1-31(2)23-15-18(19-8-12-25-28(16-19)36-29(35-25)26-5-3-13-32-26)7-10-21(23)22-11-9-20(17-24(22)31)34-30(37)27-6-4-14-33-27/h7-12,15-17,26-27,32-33H,3-6,13-14H2,1-2H3,(H,34,37)(H,35,36)/t26-,27-/m0/s1. The highest BCUT2D eigenvalue weighted by molar-refractivity contribution is 5.96. The van der Waals surface area contributed by atoms with E-state index in [1.165, 1.54) is 39.8 Å². The second kappa shape index (κ2) is 8.54. The van der Waals surface area contributed by atoms with Crippen molar-refractivity contribution in [2.24, 2.45) is 0 Å². The Kier molecular flexibility index (Phi) is 5.24.